The predicted molar refractivity (Wildman–Crippen MR) is 67.1 cm³/mol. The van der Waals surface area contributed by atoms with E-state index in [2.05, 4.69) is 25.9 Å². The Balaban J connectivity index is 2.27. The molecule has 96 valence electrons. The summed E-state index contributed by atoms with van der Waals surface area (Å²) in [5.41, 5.74) is 0.945. The number of carbonyl (C=O) groups excluding carboxylic acids is 1. The Hall–Kier alpha value is -1.16. The molecule has 4 heteroatoms. The molecule has 1 aromatic heterocycles. The van der Waals surface area contributed by atoms with Gasteiger partial charge in [-0.1, -0.05) is 20.8 Å². The van der Waals surface area contributed by atoms with E-state index in [1.165, 1.54) is 0 Å². The number of aromatic nitrogens is 2. The number of rotatable bonds is 6. The molecule has 0 unspecified atom stereocenters. The highest BCUT2D eigenvalue weighted by atomic mass is 16.5. The fourth-order valence-electron chi connectivity index (χ4n) is 1.44. The van der Waals surface area contributed by atoms with Crippen LogP contribution < -0.4 is 0 Å². The molecule has 4 nitrogen and oxygen atoms in total. The Bertz CT molecular complexity index is 364. The van der Waals surface area contributed by atoms with Crippen molar-refractivity contribution in [2.24, 2.45) is 5.41 Å². The largest absolute Gasteiger partial charge is 0.380 e. The van der Waals surface area contributed by atoms with Gasteiger partial charge >= 0.3 is 0 Å². The van der Waals surface area contributed by atoms with Crippen LogP contribution in [0.4, 0.5) is 0 Å². The fourth-order valence-corrected chi connectivity index (χ4v) is 1.44. The monoisotopic (exact) mass is 238 g/mol. The summed E-state index contributed by atoms with van der Waals surface area (Å²) in [5, 5.41) is 4.10. The van der Waals surface area contributed by atoms with Crippen molar-refractivity contribution in [3.8, 4) is 0 Å². The molecule has 0 radical (unpaired) electrons. The van der Waals surface area contributed by atoms with Crippen molar-refractivity contribution in [3.63, 3.8) is 0 Å². The Morgan fingerprint density at radius 1 is 1.41 bits per heavy atom. The Morgan fingerprint density at radius 3 is 2.71 bits per heavy atom. The van der Waals surface area contributed by atoms with E-state index in [0.717, 1.165) is 13.0 Å². The molecule has 0 amide bonds. The number of hydrogen-bond donors (Lipinski definition) is 0. The van der Waals surface area contributed by atoms with Gasteiger partial charge in [0, 0.05) is 19.7 Å². The van der Waals surface area contributed by atoms with E-state index >= 15 is 0 Å². The molecule has 0 bridgehead atoms. The normalized spacial score (nSPS) is 11.8. The average Bonchev–Trinajstić information content (AvgIpc) is 2.63. The number of hydrogen-bond acceptors (Lipinski definition) is 3. The van der Waals surface area contributed by atoms with Gasteiger partial charge in [0.05, 0.1) is 13.2 Å². The predicted octanol–water partition coefficient (Wildman–Crippen LogP) is 2.54. The van der Waals surface area contributed by atoms with Crippen LogP contribution in [0.25, 0.3) is 0 Å². The van der Waals surface area contributed by atoms with Gasteiger partial charge in [-0.25, -0.2) is 0 Å². The zero-order valence-corrected chi connectivity index (χ0v) is 11.2. The second-order valence-electron chi connectivity index (χ2n) is 5.42. The summed E-state index contributed by atoms with van der Waals surface area (Å²) in [6.07, 6.45) is 2.68. The Labute approximate surface area is 103 Å². The summed E-state index contributed by atoms with van der Waals surface area (Å²) in [4.78, 5) is 11.2. The van der Waals surface area contributed by atoms with E-state index in [0.29, 0.717) is 24.3 Å². The van der Waals surface area contributed by atoms with Gasteiger partial charge in [-0.15, -0.1) is 0 Å². The zero-order chi connectivity index (χ0) is 12.9. The third-order valence-corrected chi connectivity index (χ3v) is 2.52. The number of carbonyl (C=O) groups is 1. The van der Waals surface area contributed by atoms with Crippen molar-refractivity contribution in [1.29, 1.82) is 0 Å². The molecule has 1 rings (SSSR count). The average molecular weight is 238 g/mol. The van der Waals surface area contributed by atoms with Crippen LogP contribution >= 0.6 is 0 Å². The maximum Gasteiger partial charge on any atom is 0.177 e. The molecule has 0 aromatic carbocycles. The first kappa shape index (κ1) is 13.9. The first-order valence-electron chi connectivity index (χ1n) is 6.01. The van der Waals surface area contributed by atoms with Gasteiger partial charge in [0.1, 0.15) is 5.69 Å². The summed E-state index contributed by atoms with van der Waals surface area (Å²) in [6.45, 7) is 10.1. The minimum absolute atomic E-state index is 0.0391. The van der Waals surface area contributed by atoms with Crippen LogP contribution in [0.2, 0.25) is 0 Å². The van der Waals surface area contributed by atoms with Crippen LogP contribution in [0, 0.1) is 5.41 Å². The minimum atomic E-state index is 0.0391. The van der Waals surface area contributed by atoms with Gasteiger partial charge in [0.15, 0.2) is 5.78 Å². The van der Waals surface area contributed by atoms with Crippen molar-refractivity contribution in [2.75, 3.05) is 13.2 Å². The van der Waals surface area contributed by atoms with Gasteiger partial charge in [0.25, 0.3) is 0 Å². The maximum absolute atomic E-state index is 11.2. The molecule has 0 atom stereocenters. The molecule has 17 heavy (non-hydrogen) atoms. The van der Waals surface area contributed by atoms with Crippen LogP contribution in [0.1, 0.15) is 44.6 Å². The van der Waals surface area contributed by atoms with Crippen LogP contribution in [0.3, 0.4) is 0 Å². The number of nitrogens with zero attached hydrogens (tertiary/aromatic N) is 2. The molecule has 0 aliphatic carbocycles. The number of ether oxygens (including phenoxy) is 1. The maximum atomic E-state index is 11.2. The summed E-state index contributed by atoms with van der Waals surface area (Å²) in [6, 6.07) is 1.73. The van der Waals surface area contributed by atoms with Crippen LogP contribution in [0.15, 0.2) is 12.3 Å². The SMILES string of the molecule is CC(=O)c1ccnn1CCOCCC(C)(C)C. The van der Waals surface area contributed by atoms with E-state index in [9.17, 15) is 4.79 Å². The lowest BCUT2D eigenvalue weighted by Gasteiger charge is -2.17. The van der Waals surface area contributed by atoms with Gasteiger partial charge < -0.3 is 4.74 Å². The van der Waals surface area contributed by atoms with E-state index in [-0.39, 0.29) is 5.78 Å². The number of ketones is 1. The van der Waals surface area contributed by atoms with Gasteiger partial charge in [0.2, 0.25) is 0 Å². The van der Waals surface area contributed by atoms with E-state index in [1.54, 1.807) is 23.9 Å². The highest BCUT2D eigenvalue weighted by molar-refractivity contribution is 5.92. The lowest BCUT2D eigenvalue weighted by molar-refractivity contribution is 0.0951. The van der Waals surface area contributed by atoms with Crippen LogP contribution in [-0.2, 0) is 11.3 Å². The van der Waals surface area contributed by atoms with Crippen molar-refractivity contribution < 1.29 is 9.53 Å². The van der Waals surface area contributed by atoms with Crippen molar-refractivity contribution in [1.82, 2.24) is 9.78 Å². The van der Waals surface area contributed by atoms with E-state index in [4.69, 9.17) is 4.74 Å². The molecule has 0 saturated carbocycles. The molecule has 0 N–H and O–H groups in total. The Kier molecular flexibility index (Phi) is 4.87. The van der Waals surface area contributed by atoms with E-state index in [1.807, 2.05) is 0 Å². The summed E-state index contributed by atoms with van der Waals surface area (Å²) >= 11 is 0. The highest BCUT2D eigenvalue weighted by Crippen LogP contribution is 2.17. The molecule has 1 aromatic rings. The van der Waals surface area contributed by atoms with Crippen molar-refractivity contribution >= 4 is 5.78 Å². The van der Waals surface area contributed by atoms with Crippen LogP contribution in [0.5, 0.6) is 0 Å². The number of Topliss-reactive ketones (excluding diaryl/α,β-unsaturated/α-hetero) is 1. The van der Waals surface area contributed by atoms with Crippen LogP contribution in [-0.4, -0.2) is 28.8 Å². The lowest BCUT2D eigenvalue weighted by atomic mass is 9.93. The zero-order valence-electron chi connectivity index (χ0n) is 11.2. The fraction of sp³-hybridized carbons (Fsp3) is 0.692. The molecular weight excluding hydrogens is 216 g/mol. The quantitative estimate of drug-likeness (QED) is 0.565. The third-order valence-electron chi connectivity index (χ3n) is 2.52. The van der Waals surface area contributed by atoms with Gasteiger partial charge in [-0.05, 0) is 17.9 Å². The van der Waals surface area contributed by atoms with Crippen molar-refractivity contribution in [3.05, 3.63) is 18.0 Å². The highest BCUT2D eigenvalue weighted by Gasteiger charge is 2.10. The second kappa shape index (κ2) is 5.96. The van der Waals surface area contributed by atoms with Gasteiger partial charge in [-0.3, -0.25) is 9.48 Å². The first-order valence-corrected chi connectivity index (χ1v) is 6.01. The Morgan fingerprint density at radius 2 is 2.12 bits per heavy atom. The first-order chi connectivity index (χ1) is 7.90. The minimum Gasteiger partial charge on any atom is -0.380 e. The summed E-state index contributed by atoms with van der Waals surface area (Å²) in [5.74, 6) is 0.0391. The molecule has 0 saturated heterocycles. The molecule has 0 aliphatic rings. The smallest absolute Gasteiger partial charge is 0.177 e. The van der Waals surface area contributed by atoms with E-state index < -0.39 is 0 Å². The van der Waals surface area contributed by atoms with Crippen molar-refractivity contribution in [2.45, 2.75) is 40.7 Å². The molecule has 1 heterocycles. The lowest BCUT2D eigenvalue weighted by Crippen LogP contribution is -2.15. The topological polar surface area (TPSA) is 44.1 Å². The molecule has 0 spiro atoms. The second-order valence-corrected chi connectivity index (χ2v) is 5.42. The summed E-state index contributed by atoms with van der Waals surface area (Å²) in [7, 11) is 0. The molecule has 0 fully saturated rings. The molecular formula is C13H22N2O2. The third kappa shape index (κ3) is 5.13. The van der Waals surface area contributed by atoms with Gasteiger partial charge in [-0.2, -0.15) is 5.10 Å². The summed E-state index contributed by atoms with van der Waals surface area (Å²) < 4.78 is 7.24. The standard InChI is InChI=1S/C13H22N2O2/c1-11(16)12-5-7-14-15(12)8-10-17-9-6-13(2,3)4/h5,7H,6,8-10H2,1-4H3. The molecule has 0 aliphatic heterocycles.